The standard InChI is InChI=1S/C15H13N3O3S2/c19-14-7-6-13(18(20)21)8-12(14)9-16-17-15(22)23-10-11-4-2-1-3-5-11/h1-9,19H,10H2,(H,17,22)/b16-9+. The van der Waals surface area contributed by atoms with Crippen LogP contribution in [0.5, 0.6) is 5.75 Å². The monoisotopic (exact) mass is 347 g/mol. The number of hydrogen-bond donors (Lipinski definition) is 2. The Bertz CT molecular complexity index is 736. The van der Waals surface area contributed by atoms with Gasteiger partial charge in [-0.25, -0.2) is 0 Å². The highest BCUT2D eigenvalue weighted by Gasteiger charge is 2.08. The number of nitro groups is 1. The van der Waals surface area contributed by atoms with Crippen molar-refractivity contribution < 1.29 is 10.0 Å². The maximum atomic E-state index is 10.7. The van der Waals surface area contributed by atoms with Crippen LogP contribution in [0, 0.1) is 10.1 Å². The second kappa shape index (κ2) is 8.25. The minimum Gasteiger partial charge on any atom is -0.507 e. The molecule has 0 saturated carbocycles. The van der Waals surface area contributed by atoms with E-state index in [0.717, 1.165) is 5.56 Å². The van der Waals surface area contributed by atoms with Gasteiger partial charge in [0.05, 0.1) is 11.1 Å². The molecule has 0 fully saturated rings. The topological polar surface area (TPSA) is 87.8 Å². The van der Waals surface area contributed by atoms with Crippen LogP contribution in [0.2, 0.25) is 0 Å². The first kappa shape index (κ1) is 16.9. The molecule has 0 spiro atoms. The fourth-order valence-corrected chi connectivity index (χ4v) is 2.51. The van der Waals surface area contributed by atoms with Gasteiger partial charge in [0.25, 0.3) is 5.69 Å². The van der Waals surface area contributed by atoms with E-state index in [1.807, 2.05) is 30.3 Å². The van der Waals surface area contributed by atoms with Crippen LogP contribution >= 0.6 is 24.0 Å². The first-order chi connectivity index (χ1) is 11.1. The smallest absolute Gasteiger partial charge is 0.270 e. The van der Waals surface area contributed by atoms with E-state index in [0.29, 0.717) is 10.1 Å². The first-order valence-electron chi connectivity index (χ1n) is 6.53. The molecule has 2 aromatic carbocycles. The number of hydrogen-bond acceptors (Lipinski definition) is 6. The molecule has 0 radical (unpaired) electrons. The number of aromatic hydroxyl groups is 1. The summed E-state index contributed by atoms with van der Waals surface area (Å²) in [5.74, 6) is 0.619. The Morgan fingerprint density at radius 2 is 2.09 bits per heavy atom. The summed E-state index contributed by atoms with van der Waals surface area (Å²) in [6, 6.07) is 13.6. The highest BCUT2D eigenvalue weighted by Crippen LogP contribution is 2.21. The number of nitrogens with one attached hydrogen (secondary N) is 1. The van der Waals surface area contributed by atoms with Crippen LogP contribution in [-0.4, -0.2) is 20.6 Å². The van der Waals surface area contributed by atoms with Gasteiger partial charge < -0.3 is 5.11 Å². The van der Waals surface area contributed by atoms with Gasteiger partial charge in [-0.2, -0.15) is 5.10 Å². The van der Waals surface area contributed by atoms with Crippen LogP contribution in [-0.2, 0) is 5.75 Å². The van der Waals surface area contributed by atoms with Crippen molar-refractivity contribution in [2.24, 2.45) is 5.10 Å². The van der Waals surface area contributed by atoms with Gasteiger partial charge in [-0.05, 0) is 11.6 Å². The van der Waals surface area contributed by atoms with E-state index in [1.54, 1.807) is 0 Å². The normalized spacial score (nSPS) is 10.6. The summed E-state index contributed by atoms with van der Waals surface area (Å²) in [7, 11) is 0. The second-order valence-electron chi connectivity index (χ2n) is 4.43. The number of nitrogens with zero attached hydrogens (tertiary/aromatic N) is 2. The molecule has 0 unspecified atom stereocenters. The highest BCUT2D eigenvalue weighted by atomic mass is 32.2. The Morgan fingerprint density at radius 1 is 1.35 bits per heavy atom. The number of phenols is 1. The zero-order chi connectivity index (χ0) is 16.7. The van der Waals surface area contributed by atoms with Gasteiger partial charge in [-0.3, -0.25) is 15.5 Å². The number of benzene rings is 2. The third-order valence-corrected chi connectivity index (χ3v) is 4.07. The van der Waals surface area contributed by atoms with Crippen molar-refractivity contribution in [1.29, 1.82) is 0 Å². The van der Waals surface area contributed by atoms with Gasteiger partial charge in [0.2, 0.25) is 0 Å². The molecule has 0 aliphatic rings. The van der Waals surface area contributed by atoms with E-state index in [2.05, 4.69) is 10.5 Å². The summed E-state index contributed by atoms with van der Waals surface area (Å²) in [5, 5.41) is 24.3. The molecular weight excluding hydrogens is 334 g/mol. The maximum absolute atomic E-state index is 10.7. The van der Waals surface area contributed by atoms with Crippen LogP contribution in [0.25, 0.3) is 0 Å². The molecule has 0 amide bonds. The zero-order valence-electron chi connectivity index (χ0n) is 11.9. The minimum atomic E-state index is -0.537. The van der Waals surface area contributed by atoms with Crippen molar-refractivity contribution in [3.05, 3.63) is 69.8 Å². The first-order valence-corrected chi connectivity index (χ1v) is 7.93. The number of rotatable bonds is 5. The van der Waals surface area contributed by atoms with Crippen LogP contribution in [0.3, 0.4) is 0 Å². The van der Waals surface area contributed by atoms with Crippen LogP contribution in [0.15, 0.2) is 53.6 Å². The van der Waals surface area contributed by atoms with Crippen molar-refractivity contribution in [1.82, 2.24) is 5.43 Å². The average Bonchev–Trinajstić information content (AvgIpc) is 2.55. The van der Waals surface area contributed by atoms with E-state index in [4.69, 9.17) is 12.2 Å². The molecule has 0 aromatic heterocycles. The predicted molar refractivity (Wildman–Crippen MR) is 95.8 cm³/mol. The predicted octanol–water partition coefficient (Wildman–Crippen LogP) is 3.44. The van der Waals surface area contributed by atoms with Crippen LogP contribution < -0.4 is 5.43 Å². The fourth-order valence-electron chi connectivity index (χ4n) is 1.67. The largest absolute Gasteiger partial charge is 0.507 e. The molecule has 0 aliphatic heterocycles. The Hall–Kier alpha value is -2.45. The third kappa shape index (κ3) is 5.35. The molecule has 6 nitrogen and oxygen atoms in total. The number of phenolic OH excluding ortho intramolecular Hbond substituents is 1. The van der Waals surface area contributed by atoms with Gasteiger partial charge in [-0.15, -0.1) is 0 Å². The van der Waals surface area contributed by atoms with Crippen molar-refractivity contribution in [2.45, 2.75) is 5.75 Å². The Morgan fingerprint density at radius 3 is 2.78 bits per heavy atom. The Balaban J connectivity index is 1.90. The minimum absolute atomic E-state index is 0.0935. The Labute approximate surface area is 142 Å². The van der Waals surface area contributed by atoms with Crippen molar-refractivity contribution in [2.75, 3.05) is 0 Å². The lowest BCUT2D eigenvalue weighted by Gasteiger charge is -2.03. The SMILES string of the molecule is O=[N+]([O-])c1ccc(O)c(/C=N/NC(=S)SCc2ccccc2)c1. The van der Waals surface area contributed by atoms with Gasteiger partial charge in [0.15, 0.2) is 4.32 Å². The molecule has 2 aromatic rings. The van der Waals surface area contributed by atoms with E-state index in [9.17, 15) is 15.2 Å². The average molecular weight is 347 g/mol. The summed E-state index contributed by atoms with van der Waals surface area (Å²) >= 11 is 6.55. The highest BCUT2D eigenvalue weighted by molar-refractivity contribution is 8.22. The van der Waals surface area contributed by atoms with Crippen LogP contribution in [0.1, 0.15) is 11.1 Å². The summed E-state index contributed by atoms with van der Waals surface area (Å²) in [4.78, 5) is 10.2. The summed E-state index contributed by atoms with van der Waals surface area (Å²) in [6.07, 6.45) is 1.29. The molecule has 118 valence electrons. The maximum Gasteiger partial charge on any atom is 0.270 e. The van der Waals surface area contributed by atoms with E-state index in [-0.39, 0.29) is 17.0 Å². The molecular formula is C15H13N3O3S2. The summed E-state index contributed by atoms with van der Waals surface area (Å²) in [6.45, 7) is 0. The lowest BCUT2D eigenvalue weighted by Crippen LogP contribution is -2.11. The zero-order valence-corrected chi connectivity index (χ0v) is 13.5. The Kier molecular flexibility index (Phi) is 6.07. The van der Waals surface area contributed by atoms with Gasteiger partial charge in [-0.1, -0.05) is 54.3 Å². The molecule has 2 rings (SSSR count). The second-order valence-corrected chi connectivity index (χ2v) is 6.08. The number of non-ortho nitro benzene ring substituents is 1. The lowest BCUT2D eigenvalue weighted by atomic mass is 10.2. The number of hydrazone groups is 1. The summed E-state index contributed by atoms with van der Waals surface area (Å²) in [5.41, 5.74) is 3.92. The quantitative estimate of drug-likeness (QED) is 0.373. The number of nitro benzene ring substituents is 1. The van der Waals surface area contributed by atoms with Gasteiger partial charge in [0.1, 0.15) is 5.75 Å². The molecule has 8 heteroatoms. The van der Waals surface area contributed by atoms with Crippen molar-refractivity contribution in [3.8, 4) is 5.75 Å². The molecule has 0 aliphatic carbocycles. The number of thiocarbonyl (C=S) groups is 1. The summed E-state index contributed by atoms with van der Waals surface area (Å²) < 4.78 is 0.468. The molecule has 0 atom stereocenters. The molecule has 0 bridgehead atoms. The van der Waals surface area contributed by atoms with E-state index in [1.165, 1.54) is 36.2 Å². The van der Waals surface area contributed by atoms with E-state index < -0.39 is 4.92 Å². The molecule has 2 N–H and O–H groups in total. The number of thioether (sulfide) groups is 1. The third-order valence-electron chi connectivity index (χ3n) is 2.79. The van der Waals surface area contributed by atoms with Gasteiger partial charge >= 0.3 is 0 Å². The lowest BCUT2D eigenvalue weighted by molar-refractivity contribution is -0.384. The molecule has 0 saturated heterocycles. The van der Waals surface area contributed by atoms with Gasteiger partial charge in [0, 0.05) is 23.4 Å². The molecule has 0 heterocycles. The fraction of sp³-hybridized carbons (Fsp3) is 0.0667. The van der Waals surface area contributed by atoms with Crippen LogP contribution in [0.4, 0.5) is 5.69 Å². The van der Waals surface area contributed by atoms with E-state index >= 15 is 0 Å². The van der Waals surface area contributed by atoms with Crippen molar-refractivity contribution in [3.63, 3.8) is 0 Å². The molecule has 23 heavy (non-hydrogen) atoms. The van der Waals surface area contributed by atoms with Crippen molar-refractivity contribution >= 4 is 40.2 Å².